The van der Waals surface area contributed by atoms with Gasteiger partial charge in [-0.05, 0) is 55.2 Å². The summed E-state index contributed by atoms with van der Waals surface area (Å²) in [4.78, 5) is 12.5. The lowest BCUT2D eigenvalue weighted by molar-refractivity contribution is -0.191. The highest BCUT2D eigenvalue weighted by Crippen LogP contribution is 2.40. The minimum atomic E-state index is -4.21. The van der Waals surface area contributed by atoms with Gasteiger partial charge in [0.2, 0.25) is 0 Å². The SMILES string of the molecule is O=C(NCC1(O)CCC(C(F)(F)F)CC1)c1cccc2c1C=CNC2. The molecule has 1 aliphatic heterocycles. The number of hydrogen-bond acceptors (Lipinski definition) is 3. The molecule has 136 valence electrons. The number of halogens is 3. The number of rotatable bonds is 3. The van der Waals surface area contributed by atoms with Gasteiger partial charge in [-0.3, -0.25) is 4.79 Å². The Morgan fingerprint density at radius 1 is 1.32 bits per heavy atom. The van der Waals surface area contributed by atoms with Crippen LogP contribution in [0.5, 0.6) is 0 Å². The average molecular weight is 354 g/mol. The summed E-state index contributed by atoms with van der Waals surface area (Å²) >= 11 is 0. The molecule has 3 rings (SSSR count). The third-order valence-electron chi connectivity index (χ3n) is 5.06. The van der Waals surface area contributed by atoms with E-state index in [1.807, 2.05) is 12.1 Å². The first-order valence-electron chi connectivity index (χ1n) is 8.38. The largest absolute Gasteiger partial charge is 0.391 e. The normalized spacial score (nSPS) is 25.8. The molecule has 2 aliphatic rings. The van der Waals surface area contributed by atoms with Gasteiger partial charge >= 0.3 is 6.18 Å². The number of carbonyl (C=O) groups is 1. The van der Waals surface area contributed by atoms with E-state index in [0.29, 0.717) is 12.1 Å². The van der Waals surface area contributed by atoms with Crippen LogP contribution in [0.3, 0.4) is 0 Å². The molecule has 25 heavy (non-hydrogen) atoms. The molecule has 3 N–H and O–H groups in total. The predicted octanol–water partition coefficient (Wildman–Crippen LogP) is 2.97. The zero-order valence-electron chi connectivity index (χ0n) is 13.7. The first kappa shape index (κ1) is 17.8. The Hall–Kier alpha value is -2.02. The van der Waals surface area contributed by atoms with Crippen molar-refractivity contribution in [2.45, 2.75) is 44.0 Å². The predicted molar refractivity (Wildman–Crippen MR) is 87.6 cm³/mol. The van der Waals surface area contributed by atoms with Gasteiger partial charge in [-0.2, -0.15) is 13.2 Å². The standard InChI is InChI=1S/C18H21F3N2O2/c19-18(20,21)13-4-7-17(25,8-5-13)11-23-16(24)15-3-1-2-12-10-22-9-6-14(12)15/h1-3,6,9,13,22,25H,4-5,7-8,10-11H2,(H,23,24). The van der Waals surface area contributed by atoms with Gasteiger partial charge in [0, 0.05) is 18.7 Å². The molecule has 0 unspecified atom stereocenters. The lowest BCUT2D eigenvalue weighted by Crippen LogP contribution is -2.47. The average Bonchev–Trinajstić information content (AvgIpc) is 2.59. The van der Waals surface area contributed by atoms with Gasteiger partial charge in [-0.1, -0.05) is 12.1 Å². The topological polar surface area (TPSA) is 61.4 Å². The number of nitrogens with one attached hydrogen (secondary N) is 2. The molecule has 7 heteroatoms. The van der Waals surface area contributed by atoms with E-state index >= 15 is 0 Å². The minimum absolute atomic E-state index is 0.0359. The fourth-order valence-corrected chi connectivity index (χ4v) is 3.47. The van der Waals surface area contributed by atoms with Crippen LogP contribution in [-0.4, -0.2) is 29.3 Å². The Morgan fingerprint density at radius 2 is 2.04 bits per heavy atom. The van der Waals surface area contributed by atoms with Crippen molar-refractivity contribution in [3.05, 3.63) is 41.1 Å². The zero-order chi connectivity index (χ0) is 18.1. The summed E-state index contributed by atoms with van der Waals surface area (Å²) in [6.45, 7) is 0.595. The molecule has 0 radical (unpaired) electrons. The van der Waals surface area contributed by atoms with E-state index in [1.54, 1.807) is 18.3 Å². The van der Waals surface area contributed by atoms with E-state index < -0.39 is 17.7 Å². The molecule has 1 aromatic carbocycles. The molecule has 0 bridgehead atoms. The van der Waals surface area contributed by atoms with Crippen molar-refractivity contribution in [1.82, 2.24) is 10.6 Å². The van der Waals surface area contributed by atoms with Crippen molar-refractivity contribution in [2.24, 2.45) is 5.92 Å². The van der Waals surface area contributed by atoms with Gasteiger partial charge < -0.3 is 15.7 Å². The van der Waals surface area contributed by atoms with Crippen molar-refractivity contribution >= 4 is 12.0 Å². The van der Waals surface area contributed by atoms with Gasteiger partial charge in [-0.25, -0.2) is 0 Å². The van der Waals surface area contributed by atoms with Crippen LogP contribution < -0.4 is 10.6 Å². The van der Waals surface area contributed by atoms with E-state index in [4.69, 9.17) is 0 Å². The maximum atomic E-state index is 12.7. The molecule has 1 heterocycles. The molecule has 0 spiro atoms. The number of hydrogen-bond donors (Lipinski definition) is 3. The van der Waals surface area contributed by atoms with Crippen LogP contribution in [-0.2, 0) is 6.54 Å². The number of alkyl halides is 3. The molecule has 1 aromatic rings. The molecule has 1 saturated carbocycles. The van der Waals surface area contributed by atoms with Gasteiger partial charge in [0.05, 0.1) is 11.5 Å². The summed E-state index contributed by atoms with van der Waals surface area (Å²) in [7, 11) is 0. The number of fused-ring (bicyclic) bond motifs is 1. The number of amides is 1. The second-order valence-electron chi connectivity index (χ2n) is 6.82. The lowest BCUT2D eigenvalue weighted by Gasteiger charge is -2.36. The third-order valence-corrected chi connectivity index (χ3v) is 5.06. The van der Waals surface area contributed by atoms with Gasteiger partial charge in [-0.15, -0.1) is 0 Å². The summed E-state index contributed by atoms with van der Waals surface area (Å²) in [5, 5.41) is 16.2. The van der Waals surface area contributed by atoms with Crippen molar-refractivity contribution in [3.63, 3.8) is 0 Å². The monoisotopic (exact) mass is 354 g/mol. The smallest absolute Gasteiger partial charge is 0.388 e. The van der Waals surface area contributed by atoms with E-state index in [2.05, 4.69) is 10.6 Å². The molecule has 1 aliphatic carbocycles. The quantitative estimate of drug-likeness (QED) is 0.782. The Bertz CT molecular complexity index is 677. The Kier molecular flexibility index (Phi) is 4.77. The number of carbonyl (C=O) groups excluding carboxylic acids is 1. The van der Waals surface area contributed by atoms with E-state index in [9.17, 15) is 23.1 Å². The van der Waals surface area contributed by atoms with E-state index in [0.717, 1.165) is 11.1 Å². The summed E-state index contributed by atoms with van der Waals surface area (Å²) in [6, 6.07) is 5.42. The molecule has 0 aromatic heterocycles. The molecular formula is C18H21F3N2O2. The molecule has 4 nitrogen and oxygen atoms in total. The van der Waals surface area contributed by atoms with Crippen LogP contribution in [0.25, 0.3) is 6.08 Å². The van der Waals surface area contributed by atoms with Crippen LogP contribution in [0.4, 0.5) is 13.2 Å². The zero-order valence-corrected chi connectivity index (χ0v) is 13.7. The van der Waals surface area contributed by atoms with Crippen LogP contribution in [0.2, 0.25) is 0 Å². The van der Waals surface area contributed by atoms with Crippen molar-refractivity contribution < 1.29 is 23.1 Å². The van der Waals surface area contributed by atoms with Crippen LogP contribution in [0.1, 0.15) is 47.2 Å². The number of aliphatic hydroxyl groups is 1. The van der Waals surface area contributed by atoms with Crippen LogP contribution in [0.15, 0.2) is 24.4 Å². The Morgan fingerprint density at radius 3 is 2.72 bits per heavy atom. The molecule has 1 fully saturated rings. The van der Waals surface area contributed by atoms with Gasteiger partial charge in [0.15, 0.2) is 0 Å². The van der Waals surface area contributed by atoms with Crippen molar-refractivity contribution in [1.29, 1.82) is 0 Å². The first-order chi connectivity index (χ1) is 11.8. The molecule has 0 saturated heterocycles. The van der Waals surface area contributed by atoms with Gasteiger partial charge in [0.1, 0.15) is 0 Å². The summed E-state index contributed by atoms with van der Waals surface area (Å²) < 4.78 is 38.2. The Balaban J connectivity index is 1.61. The second kappa shape index (κ2) is 6.71. The lowest BCUT2D eigenvalue weighted by atomic mass is 9.78. The summed E-state index contributed by atoms with van der Waals surface area (Å²) in [5.74, 6) is -1.68. The molecular weight excluding hydrogens is 333 g/mol. The van der Waals surface area contributed by atoms with E-state index in [1.165, 1.54) is 0 Å². The highest BCUT2D eigenvalue weighted by atomic mass is 19.4. The summed E-state index contributed by atoms with van der Waals surface area (Å²) in [5.41, 5.74) is 1.05. The fourth-order valence-electron chi connectivity index (χ4n) is 3.47. The molecule has 0 atom stereocenters. The van der Waals surface area contributed by atoms with Crippen LogP contribution in [0, 0.1) is 5.92 Å². The number of benzene rings is 1. The fraction of sp³-hybridized carbons (Fsp3) is 0.500. The maximum absolute atomic E-state index is 12.7. The third kappa shape index (κ3) is 3.98. The van der Waals surface area contributed by atoms with Gasteiger partial charge in [0.25, 0.3) is 5.91 Å². The summed E-state index contributed by atoms with van der Waals surface area (Å²) in [6.07, 6.45) is -0.769. The highest BCUT2D eigenvalue weighted by Gasteiger charge is 2.45. The second-order valence-corrected chi connectivity index (χ2v) is 6.82. The minimum Gasteiger partial charge on any atom is -0.388 e. The Labute approximate surface area is 144 Å². The van der Waals surface area contributed by atoms with Crippen LogP contribution >= 0.6 is 0 Å². The first-order valence-corrected chi connectivity index (χ1v) is 8.38. The molecule has 1 amide bonds. The highest BCUT2D eigenvalue weighted by molar-refractivity contribution is 5.98. The van der Waals surface area contributed by atoms with Crippen molar-refractivity contribution in [3.8, 4) is 0 Å². The van der Waals surface area contributed by atoms with Crippen molar-refractivity contribution in [2.75, 3.05) is 6.54 Å². The maximum Gasteiger partial charge on any atom is 0.391 e. The van der Waals surface area contributed by atoms with E-state index in [-0.39, 0.29) is 38.1 Å².